The van der Waals surface area contributed by atoms with E-state index in [-0.39, 0.29) is 50.6 Å². The van der Waals surface area contributed by atoms with Gasteiger partial charge in [0, 0.05) is 38.0 Å². The van der Waals surface area contributed by atoms with E-state index in [2.05, 4.69) is 10.3 Å². The van der Waals surface area contributed by atoms with Gasteiger partial charge in [-0.25, -0.2) is 8.78 Å². The maximum atomic E-state index is 14.1. The molecule has 0 spiro atoms. The summed E-state index contributed by atoms with van der Waals surface area (Å²) in [5.74, 6) is -5.48. The second-order valence-electron chi connectivity index (χ2n) is 7.21. The summed E-state index contributed by atoms with van der Waals surface area (Å²) < 4.78 is 32.8. The van der Waals surface area contributed by atoms with Crippen molar-refractivity contribution in [1.82, 2.24) is 10.2 Å². The first kappa shape index (κ1) is 27.2. The Morgan fingerprint density at radius 2 is 2.03 bits per heavy atom. The molecule has 0 aliphatic carbocycles. The first-order chi connectivity index (χ1) is 16.2. The summed E-state index contributed by atoms with van der Waals surface area (Å²) >= 11 is 5.54. The fourth-order valence-electron chi connectivity index (χ4n) is 2.98. The van der Waals surface area contributed by atoms with Gasteiger partial charge in [0.15, 0.2) is 11.5 Å². The number of halogens is 3. The van der Waals surface area contributed by atoms with E-state index in [0.29, 0.717) is 6.42 Å². The number of nitrogens with zero attached hydrogens (tertiary/aromatic N) is 2. The van der Waals surface area contributed by atoms with Gasteiger partial charge in [-0.05, 0) is 12.5 Å². The van der Waals surface area contributed by atoms with E-state index in [4.69, 9.17) is 16.3 Å². The van der Waals surface area contributed by atoms with Gasteiger partial charge in [-0.1, -0.05) is 24.6 Å². The number of nitrogens with one attached hydrogen (secondary N) is 1. The number of rotatable bonds is 9. The van der Waals surface area contributed by atoms with Crippen molar-refractivity contribution >= 4 is 29.6 Å². The number of benzene rings is 1. The SMILES string of the molecule is CCCOC/C1=C(/O)C(O)=C(C(=O)NCc2ccc(F)c(Cl)c2F)C=NCCN(CCO)C1=O. The molecule has 0 unspecified atom stereocenters. The van der Waals surface area contributed by atoms with Crippen molar-refractivity contribution in [2.24, 2.45) is 4.99 Å². The van der Waals surface area contributed by atoms with Gasteiger partial charge in [0.1, 0.15) is 22.2 Å². The third kappa shape index (κ3) is 6.75. The molecule has 9 nitrogen and oxygen atoms in total. The highest BCUT2D eigenvalue weighted by molar-refractivity contribution is 6.31. The van der Waals surface area contributed by atoms with Crippen LogP contribution in [0.15, 0.2) is 39.8 Å². The lowest BCUT2D eigenvalue weighted by Gasteiger charge is -2.24. The van der Waals surface area contributed by atoms with Gasteiger partial charge >= 0.3 is 0 Å². The van der Waals surface area contributed by atoms with Crippen LogP contribution in [0.4, 0.5) is 8.78 Å². The van der Waals surface area contributed by atoms with Crippen molar-refractivity contribution in [2.75, 3.05) is 39.5 Å². The number of hydrogen-bond acceptors (Lipinski definition) is 7. The summed E-state index contributed by atoms with van der Waals surface area (Å²) in [5.41, 5.74) is -0.904. The van der Waals surface area contributed by atoms with Crippen molar-refractivity contribution < 1.29 is 38.4 Å². The maximum absolute atomic E-state index is 14.1. The Kier molecular flexibility index (Phi) is 10.4. The first-order valence-corrected chi connectivity index (χ1v) is 10.8. The van der Waals surface area contributed by atoms with Crippen molar-refractivity contribution in [3.8, 4) is 0 Å². The molecule has 0 saturated heterocycles. The molecule has 0 aromatic heterocycles. The number of aliphatic imine (C=N–C) groups is 1. The Morgan fingerprint density at radius 1 is 1.29 bits per heavy atom. The number of β-amino-alcohol motifs (C(OH)–C–C–N with tert-alkyl or cyclic N) is 1. The molecular weight excluding hydrogens is 476 g/mol. The fourth-order valence-corrected chi connectivity index (χ4v) is 3.17. The fraction of sp³-hybridized carbons (Fsp3) is 0.409. The molecule has 0 fully saturated rings. The molecule has 1 heterocycles. The summed E-state index contributed by atoms with van der Waals surface area (Å²) in [5, 5.41) is 32.1. The smallest absolute Gasteiger partial charge is 0.257 e. The molecule has 1 aliphatic rings. The van der Waals surface area contributed by atoms with E-state index in [0.717, 1.165) is 18.3 Å². The van der Waals surface area contributed by atoms with Crippen LogP contribution in [0.1, 0.15) is 18.9 Å². The van der Waals surface area contributed by atoms with Crippen LogP contribution in [0.2, 0.25) is 5.02 Å². The van der Waals surface area contributed by atoms with Gasteiger partial charge in [-0.2, -0.15) is 0 Å². The molecule has 2 amide bonds. The molecular formula is C22H26ClF2N3O6. The lowest BCUT2D eigenvalue weighted by molar-refractivity contribution is -0.128. The lowest BCUT2D eigenvalue weighted by Crippen LogP contribution is -2.38. The molecule has 0 atom stereocenters. The highest BCUT2D eigenvalue weighted by Crippen LogP contribution is 2.22. The molecule has 0 bridgehead atoms. The van der Waals surface area contributed by atoms with Gasteiger partial charge < -0.3 is 30.3 Å². The quantitative estimate of drug-likeness (QED) is 0.303. The minimum atomic E-state index is -1.05. The molecule has 4 N–H and O–H groups in total. The van der Waals surface area contributed by atoms with Crippen LogP contribution in [0.25, 0.3) is 0 Å². The number of amides is 2. The molecule has 12 heteroatoms. The second kappa shape index (κ2) is 13.0. The van der Waals surface area contributed by atoms with Gasteiger partial charge in [0.25, 0.3) is 11.8 Å². The van der Waals surface area contributed by atoms with Crippen LogP contribution in [0, 0.1) is 11.6 Å². The largest absolute Gasteiger partial charge is 0.504 e. The van der Waals surface area contributed by atoms with E-state index < -0.39 is 52.1 Å². The Bertz CT molecular complexity index is 1010. The molecule has 34 heavy (non-hydrogen) atoms. The molecule has 2 rings (SSSR count). The first-order valence-electron chi connectivity index (χ1n) is 10.5. The lowest BCUT2D eigenvalue weighted by atomic mass is 10.1. The van der Waals surface area contributed by atoms with E-state index in [1.807, 2.05) is 6.92 Å². The molecule has 0 radical (unpaired) electrons. The Labute approximate surface area is 200 Å². The van der Waals surface area contributed by atoms with E-state index >= 15 is 0 Å². The molecule has 186 valence electrons. The topological polar surface area (TPSA) is 132 Å². The number of carbonyl (C=O) groups excluding carboxylic acids is 2. The zero-order chi connectivity index (χ0) is 25.3. The zero-order valence-electron chi connectivity index (χ0n) is 18.5. The van der Waals surface area contributed by atoms with Crippen molar-refractivity contribution in [3.05, 3.63) is 57.0 Å². The van der Waals surface area contributed by atoms with E-state index in [1.54, 1.807) is 0 Å². The highest BCUT2D eigenvalue weighted by atomic mass is 35.5. The predicted molar refractivity (Wildman–Crippen MR) is 121 cm³/mol. The number of aliphatic hydroxyl groups is 3. The Balaban J connectivity index is 2.40. The minimum Gasteiger partial charge on any atom is -0.504 e. The summed E-state index contributed by atoms with van der Waals surface area (Å²) in [6, 6.07) is 2.04. The monoisotopic (exact) mass is 501 g/mol. The second-order valence-corrected chi connectivity index (χ2v) is 7.59. The third-order valence-electron chi connectivity index (χ3n) is 4.79. The number of aliphatic hydroxyl groups excluding tert-OH is 3. The average Bonchev–Trinajstić information content (AvgIpc) is 2.82. The highest BCUT2D eigenvalue weighted by Gasteiger charge is 2.27. The van der Waals surface area contributed by atoms with Crippen LogP contribution in [0.5, 0.6) is 0 Å². The summed E-state index contributed by atoms with van der Waals surface area (Å²) in [4.78, 5) is 30.9. The van der Waals surface area contributed by atoms with Crippen LogP contribution in [-0.2, 0) is 20.9 Å². The number of ether oxygens (including phenoxy) is 1. The van der Waals surface area contributed by atoms with Crippen molar-refractivity contribution in [1.29, 1.82) is 0 Å². The predicted octanol–water partition coefficient (Wildman–Crippen LogP) is 2.19. The molecule has 1 aromatic rings. The van der Waals surface area contributed by atoms with Gasteiger partial charge in [0.05, 0.1) is 25.3 Å². The Hall–Kier alpha value is -3.02. The van der Waals surface area contributed by atoms with Crippen LogP contribution in [-0.4, -0.2) is 77.7 Å². The van der Waals surface area contributed by atoms with Crippen molar-refractivity contribution in [3.63, 3.8) is 0 Å². The average molecular weight is 502 g/mol. The number of carbonyl (C=O) groups is 2. The van der Waals surface area contributed by atoms with Crippen molar-refractivity contribution in [2.45, 2.75) is 19.9 Å². The molecule has 1 aromatic carbocycles. The van der Waals surface area contributed by atoms with Crippen LogP contribution in [0.3, 0.4) is 0 Å². The maximum Gasteiger partial charge on any atom is 0.257 e. The van der Waals surface area contributed by atoms with Gasteiger partial charge in [-0.15, -0.1) is 0 Å². The van der Waals surface area contributed by atoms with E-state index in [1.165, 1.54) is 4.90 Å². The summed E-state index contributed by atoms with van der Waals surface area (Å²) in [6.45, 7) is 1.08. The van der Waals surface area contributed by atoms with Crippen LogP contribution >= 0.6 is 11.6 Å². The zero-order valence-corrected chi connectivity index (χ0v) is 19.2. The van der Waals surface area contributed by atoms with Gasteiger partial charge in [-0.3, -0.25) is 14.6 Å². The standard InChI is InChI=1S/C22H26ClF2N3O6/c1-2-9-34-12-15-20(31)19(30)14(11-26-5-6-28(7-8-29)22(15)33)21(32)27-10-13-3-4-16(24)17(23)18(13)25/h3-4,11,29-31H,2,5-10,12H2,1H3,(H,27,32)/b19-14?,20-15-,26-11?. The van der Waals surface area contributed by atoms with E-state index in [9.17, 15) is 33.7 Å². The van der Waals surface area contributed by atoms with Crippen LogP contribution < -0.4 is 5.32 Å². The third-order valence-corrected chi connectivity index (χ3v) is 5.14. The van der Waals surface area contributed by atoms with Gasteiger partial charge in [0.2, 0.25) is 0 Å². The normalized spacial score (nSPS) is 17.3. The number of hydrogen-bond donors (Lipinski definition) is 4. The summed E-state index contributed by atoms with van der Waals surface area (Å²) in [6.07, 6.45) is 1.64. The molecule has 1 aliphatic heterocycles. The molecule has 0 saturated carbocycles. The summed E-state index contributed by atoms with van der Waals surface area (Å²) in [7, 11) is 0. The minimum absolute atomic E-state index is 0.0296. The Morgan fingerprint density at radius 3 is 2.71 bits per heavy atom.